The molecule has 1 aliphatic heterocycles. The molecule has 0 radical (unpaired) electrons. The van der Waals surface area contributed by atoms with Crippen molar-refractivity contribution in [2.75, 3.05) is 6.61 Å². The Morgan fingerprint density at radius 1 is 1.15 bits per heavy atom. The van der Waals surface area contributed by atoms with Gasteiger partial charge in [-0.1, -0.05) is 5.21 Å². The van der Waals surface area contributed by atoms with Gasteiger partial charge in [0.2, 0.25) is 5.52 Å². The number of aromatic nitrogens is 5. The number of hydrogen-bond donors (Lipinski definition) is 1. The minimum Gasteiger partial charge on any atom is -0.463 e. The lowest BCUT2D eigenvalue weighted by atomic mass is 10.1. The molecule has 0 amide bonds. The molecule has 0 spiro atoms. The van der Waals surface area contributed by atoms with Gasteiger partial charge < -0.3 is 34.2 Å². The lowest BCUT2D eigenvalue weighted by Gasteiger charge is -2.23. The lowest BCUT2D eigenvalue weighted by Crippen LogP contribution is -2.42. The molecule has 2 aromatic rings. The minimum absolute atomic E-state index is 0.425. The van der Waals surface area contributed by atoms with Crippen molar-refractivity contribution in [3.05, 3.63) is 20.5 Å². The van der Waals surface area contributed by atoms with Crippen LogP contribution in [0.5, 0.6) is 0 Å². The molecule has 1 N–H and O–H groups in total. The smallest absolute Gasteiger partial charge is 0.418 e. The Morgan fingerprint density at radius 3 is 2.33 bits per heavy atom. The maximum Gasteiger partial charge on any atom is 0.418 e. The van der Waals surface area contributed by atoms with Crippen LogP contribution >= 0.6 is 0 Å². The fraction of sp³-hybridized carbons (Fsp3) is 0.562. The first-order valence-corrected chi connectivity index (χ1v) is 9.29. The van der Waals surface area contributed by atoms with Crippen molar-refractivity contribution in [1.29, 1.82) is 0 Å². The van der Waals surface area contributed by atoms with Gasteiger partial charge in [0.15, 0.2) is 30.7 Å². The number of esters is 3. The van der Waals surface area contributed by atoms with E-state index in [0.29, 0.717) is 9.36 Å². The van der Waals surface area contributed by atoms with Crippen LogP contribution in [0.15, 0.2) is 4.79 Å². The van der Waals surface area contributed by atoms with Crippen LogP contribution in [0, 0.1) is 10.1 Å². The maximum absolute atomic E-state index is 13.1. The van der Waals surface area contributed by atoms with Gasteiger partial charge >= 0.3 is 29.3 Å². The van der Waals surface area contributed by atoms with Crippen LogP contribution in [0.1, 0.15) is 27.0 Å². The average molecular weight is 470 g/mol. The second-order valence-corrected chi connectivity index (χ2v) is 6.77. The number of carbonyl (C=O) groups is 3. The Kier molecular flexibility index (Phi) is 6.63. The Balaban J connectivity index is 2.13. The summed E-state index contributed by atoms with van der Waals surface area (Å²) < 4.78 is 22.2. The molecule has 4 unspecified atom stereocenters. The highest BCUT2D eigenvalue weighted by atomic mass is 16.7. The SMILES string of the molecule is CC(=O)OCC1OC(n2nnc3c([N+](=O)[O-])nn(CO)c3c2=O)C(OC(C)=O)C1OC(C)=O. The highest BCUT2D eigenvalue weighted by molar-refractivity contribution is 5.81. The molecule has 33 heavy (non-hydrogen) atoms. The summed E-state index contributed by atoms with van der Waals surface area (Å²) in [5, 5.41) is 31.4. The van der Waals surface area contributed by atoms with Gasteiger partial charge in [0.1, 0.15) is 12.7 Å². The van der Waals surface area contributed by atoms with Crippen LogP contribution in [0.3, 0.4) is 0 Å². The predicted molar refractivity (Wildman–Crippen MR) is 100 cm³/mol. The summed E-state index contributed by atoms with van der Waals surface area (Å²) in [4.78, 5) is 58.0. The first-order chi connectivity index (χ1) is 15.5. The number of nitrogens with zero attached hydrogens (tertiary/aromatic N) is 6. The Hall–Kier alpha value is -3.99. The van der Waals surface area contributed by atoms with Crippen molar-refractivity contribution in [2.45, 2.75) is 52.0 Å². The molecule has 17 nitrogen and oxygen atoms in total. The van der Waals surface area contributed by atoms with Crippen LogP contribution < -0.4 is 5.56 Å². The predicted octanol–water partition coefficient (Wildman–Crippen LogP) is -1.83. The van der Waals surface area contributed by atoms with E-state index in [9.17, 15) is 34.4 Å². The van der Waals surface area contributed by atoms with Gasteiger partial charge in [-0.25, -0.2) is 0 Å². The molecule has 0 aliphatic carbocycles. The van der Waals surface area contributed by atoms with E-state index in [2.05, 4.69) is 15.4 Å². The molecule has 3 rings (SSSR count). The van der Waals surface area contributed by atoms with E-state index >= 15 is 0 Å². The molecule has 3 heterocycles. The topological polar surface area (TPSA) is 217 Å². The van der Waals surface area contributed by atoms with E-state index in [1.807, 2.05) is 0 Å². The van der Waals surface area contributed by atoms with Crippen molar-refractivity contribution in [1.82, 2.24) is 24.8 Å². The lowest BCUT2D eigenvalue weighted by molar-refractivity contribution is -0.388. The fourth-order valence-corrected chi connectivity index (χ4v) is 3.27. The van der Waals surface area contributed by atoms with Crippen LogP contribution in [-0.2, 0) is 40.1 Å². The fourth-order valence-electron chi connectivity index (χ4n) is 3.27. The van der Waals surface area contributed by atoms with Gasteiger partial charge in [-0.3, -0.25) is 19.2 Å². The molecule has 1 saturated heterocycles. The van der Waals surface area contributed by atoms with E-state index in [1.54, 1.807) is 0 Å². The third kappa shape index (κ3) is 4.62. The molecule has 1 fully saturated rings. The van der Waals surface area contributed by atoms with Crippen molar-refractivity contribution in [2.24, 2.45) is 0 Å². The van der Waals surface area contributed by atoms with Crippen LogP contribution in [0.25, 0.3) is 11.0 Å². The normalized spacial score (nSPS) is 22.2. The third-order valence-electron chi connectivity index (χ3n) is 4.45. The van der Waals surface area contributed by atoms with Crippen molar-refractivity contribution >= 4 is 34.8 Å². The number of carbonyl (C=O) groups excluding carboxylic acids is 3. The number of fused-ring (bicyclic) bond motifs is 1. The van der Waals surface area contributed by atoms with E-state index in [0.717, 1.165) is 20.8 Å². The Morgan fingerprint density at radius 2 is 1.79 bits per heavy atom. The second kappa shape index (κ2) is 9.25. The van der Waals surface area contributed by atoms with E-state index in [1.165, 1.54) is 0 Å². The van der Waals surface area contributed by atoms with Gasteiger partial charge in [0, 0.05) is 20.8 Å². The molecule has 178 valence electrons. The summed E-state index contributed by atoms with van der Waals surface area (Å²) in [6, 6.07) is 0. The number of ether oxygens (including phenoxy) is 4. The zero-order valence-corrected chi connectivity index (χ0v) is 17.4. The number of rotatable bonds is 7. The number of aliphatic hydroxyl groups excluding tert-OH is 1. The van der Waals surface area contributed by atoms with Crippen molar-refractivity contribution < 1.29 is 43.4 Å². The minimum atomic E-state index is -1.54. The number of hydrogen-bond acceptors (Lipinski definition) is 14. The molecule has 17 heteroatoms. The first-order valence-electron chi connectivity index (χ1n) is 9.29. The van der Waals surface area contributed by atoms with E-state index < -0.39 is 83.1 Å². The van der Waals surface area contributed by atoms with Gasteiger partial charge in [0.05, 0.1) is 5.10 Å². The average Bonchev–Trinajstić information content (AvgIpc) is 3.25. The van der Waals surface area contributed by atoms with Crippen LogP contribution in [-0.4, -0.2) is 77.6 Å². The molecular formula is C16H18N6O11. The second-order valence-electron chi connectivity index (χ2n) is 6.77. The molecule has 1 aliphatic rings. The van der Waals surface area contributed by atoms with Crippen molar-refractivity contribution in [3.63, 3.8) is 0 Å². The summed E-state index contributed by atoms with van der Waals surface area (Å²) in [6.45, 7) is 1.95. The number of nitro groups is 1. The largest absolute Gasteiger partial charge is 0.463 e. The van der Waals surface area contributed by atoms with Crippen molar-refractivity contribution in [3.8, 4) is 0 Å². The summed E-state index contributed by atoms with van der Waals surface area (Å²) >= 11 is 0. The quantitative estimate of drug-likeness (QED) is 0.204. The molecular weight excluding hydrogens is 452 g/mol. The Bertz CT molecular complexity index is 1170. The number of aliphatic hydroxyl groups is 1. The zero-order valence-electron chi connectivity index (χ0n) is 17.4. The van der Waals surface area contributed by atoms with Gasteiger partial charge in [0.25, 0.3) is 0 Å². The van der Waals surface area contributed by atoms with Gasteiger partial charge in [-0.05, 0) is 4.92 Å². The summed E-state index contributed by atoms with van der Waals surface area (Å²) in [5.74, 6) is -3.09. The van der Waals surface area contributed by atoms with Gasteiger partial charge in [-0.15, -0.1) is 9.78 Å². The molecule has 0 saturated carbocycles. The summed E-state index contributed by atoms with van der Waals surface area (Å²) in [7, 11) is 0. The van der Waals surface area contributed by atoms with Crippen LogP contribution in [0.2, 0.25) is 0 Å². The first kappa shape index (κ1) is 23.7. The highest BCUT2D eigenvalue weighted by Gasteiger charge is 2.52. The third-order valence-corrected chi connectivity index (χ3v) is 4.45. The van der Waals surface area contributed by atoms with E-state index in [4.69, 9.17) is 18.9 Å². The zero-order chi connectivity index (χ0) is 24.4. The monoisotopic (exact) mass is 470 g/mol. The van der Waals surface area contributed by atoms with Crippen LogP contribution in [0.4, 0.5) is 5.82 Å². The summed E-state index contributed by atoms with van der Waals surface area (Å²) in [5.41, 5.74) is -2.01. The molecule has 0 aromatic carbocycles. The highest BCUT2D eigenvalue weighted by Crippen LogP contribution is 2.33. The summed E-state index contributed by atoms with van der Waals surface area (Å²) in [6.07, 6.45) is -5.45. The molecule has 4 atom stereocenters. The maximum atomic E-state index is 13.1. The Labute approximate surface area is 182 Å². The standard InChI is InChI=1S/C16H18N6O11/c1-6(24)30-4-9-12(31-7(2)25)13(32-8(3)26)16(33-9)21-15(27)11-10(17-19-21)14(22(28)29)18-20(11)5-23/h9,12-13,16,23H,4-5H2,1-3H3. The molecule has 2 aromatic heterocycles. The van der Waals surface area contributed by atoms with E-state index in [-0.39, 0.29) is 0 Å². The molecule has 0 bridgehead atoms. The van der Waals surface area contributed by atoms with Gasteiger partial charge in [-0.2, -0.15) is 4.68 Å².